The summed E-state index contributed by atoms with van der Waals surface area (Å²) in [6, 6.07) is 6.63. The number of anilines is 1. The number of nitrogens with two attached hydrogens (primary N) is 1. The van der Waals surface area contributed by atoms with E-state index in [-0.39, 0.29) is 11.4 Å². The number of halogens is 1. The molecule has 0 aliphatic carbocycles. The minimum atomic E-state index is -0.225. The highest BCUT2D eigenvalue weighted by atomic mass is 19.1. The SMILES string of the molecule is CCN(c1cccc(F)c1)C(C)(CN)CCOC. The standard InChI is InChI=1S/C14H23FN2O/c1-4-17(13-7-5-6-12(15)10-13)14(2,11-16)8-9-18-3/h5-7,10H,4,8-9,11,16H2,1-3H3. The van der Waals surface area contributed by atoms with Gasteiger partial charge in [-0.2, -0.15) is 0 Å². The maximum Gasteiger partial charge on any atom is 0.125 e. The lowest BCUT2D eigenvalue weighted by atomic mass is 9.95. The predicted octanol–water partition coefficient (Wildman–Crippen LogP) is 2.41. The summed E-state index contributed by atoms with van der Waals surface area (Å²) in [7, 11) is 1.68. The molecule has 0 aromatic heterocycles. The van der Waals surface area contributed by atoms with Crippen LogP contribution in [0.25, 0.3) is 0 Å². The number of rotatable bonds is 7. The molecule has 0 bridgehead atoms. The van der Waals surface area contributed by atoms with Crippen molar-refractivity contribution in [2.75, 3.05) is 31.7 Å². The predicted molar refractivity (Wildman–Crippen MR) is 73.4 cm³/mol. The van der Waals surface area contributed by atoms with Gasteiger partial charge in [-0.3, -0.25) is 0 Å². The van der Waals surface area contributed by atoms with Gasteiger partial charge < -0.3 is 15.4 Å². The average Bonchev–Trinajstić information content (AvgIpc) is 2.37. The summed E-state index contributed by atoms with van der Waals surface area (Å²) in [5, 5.41) is 0. The molecule has 0 aliphatic rings. The summed E-state index contributed by atoms with van der Waals surface area (Å²) in [6.45, 7) is 6.05. The summed E-state index contributed by atoms with van der Waals surface area (Å²) in [6.07, 6.45) is 0.810. The van der Waals surface area contributed by atoms with Crippen molar-refractivity contribution >= 4 is 5.69 Å². The van der Waals surface area contributed by atoms with Crippen LogP contribution < -0.4 is 10.6 Å². The zero-order chi connectivity index (χ0) is 13.6. The lowest BCUT2D eigenvalue weighted by molar-refractivity contribution is 0.170. The second kappa shape index (κ2) is 6.71. The molecule has 102 valence electrons. The third kappa shape index (κ3) is 3.43. The van der Waals surface area contributed by atoms with Gasteiger partial charge in [-0.1, -0.05) is 6.07 Å². The van der Waals surface area contributed by atoms with Crippen LogP contribution in [0, 0.1) is 5.82 Å². The molecule has 3 nitrogen and oxygen atoms in total. The van der Waals surface area contributed by atoms with Crippen molar-refractivity contribution in [1.29, 1.82) is 0 Å². The van der Waals surface area contributed by atoms with Crippen LogP contribution in [0.3, 0.4) is 0 Å². The third-order valence-electron chi connectivity index (χ3n) is 3.37. The molecule has 1 aromatic carbocycles. The first-order chi connectivity index (χ1) is 8.57. The van der Waals surface area contributed by atoms with Crippen LogP contribution in [-0.2, 0) is 4.74 Å². The first-order valence-corrected chi connectivity index (χ1v) is 6.29. The number of methoxy groups -OCH3 is 1. The Bertz CT molecular complexity index is 373. The van der Waals surface area contributed by atoms with Gasteiger partial charge in [0.2, 0.25) is 0 Å². The van der Waals surface area contributed by atoms with E-state index in [0.717, 1.165) is 18.7 Å². The molecule has 1 rings (SSSR count). The topological polar surface area (TPSA) is 38.5 Å². The monoisotopic (exact) mass is 254 g/mol. The first kappa shape index (κ1) is 14.9. The summed E-state index contributed by atoms with van der Waals surface area (Å²) in [4.78, 5) is 2.13. The van der Waals surface area contributed by atoms with Crippen LogP contribution in [-0.4, -0.2) is 32.3 Å². The van der Waals surface area contributed by atoms with Crippen molar-refractivity contribution in [3.8, 4) is 0 Å². The Morgan fingerprint density at radius 1 is 1.44 bits per heavy atom. The van der Waals surface area contributed by atoms with Gasteiger partial charge >= 0.3 is 0 Å². The Labute approximate surface area is 109 Å². The number of ether oxygens (including phenoxy) is 1. The first-order valence-electron chi connectivity index (χ1n) is 6.29. The fraction of sp³-hybridized carbons (Fsp3) is 0.571. The van der Waals surface area contributed by atoms with Crippen molar-refractivity contribution in [2.24, 2.45) is 5.73 Å². The Hall–Kier alpha value is -1.13. The van der Waals surface area contributed by atoms with Crippen LogP contribution in [0.5, 0.6) is 0 Å². The molecule has 0 saturated carbocycles. The molecule has 0 fully saturated rings. The van der Waals surface area contributed by atoms with Crippen LogP contribution in [0.15, 0.2) is 24.3 Å². The molecule has 0 amide bonds. The van der Waals surface area contributed by atoms with E-state index >= 15 is 0 Å². The molecule has 1 atom stereocenters. The summed E-state index contributed by atoms with van der Waals surface area (Å²) in [5.41, 5.74) is 6.55. The van der Waals surface area contributed by atoms with E-state index in [9.17, 15) is 4.39 Å². The van der Waals surface area contributed by atoms with Crippen LogP contribution in [0.1, 0.15) is 20.3 Å². The molecule has 18 heavy (non-hydrogen) atoms. The van der Waals surface area contributed by atoms with Crippen LogP contribution in [0.2, 0.25) is 0 Å². The average molecular weight is 254 g/mol. The minimum Gasteiger partial charge on any atom is -0.385 e. The third-order valence-corrected chi connectivity index (χ3v) is 3.37. The second-order valence-corrected chi connectivity index (χ2v) is 4.67. The highest BCUT2D eigenvalue weighted by molar-refractivity contribution is 5.49. The molecule has 1 aromatic rings. The molecule has 0 spiro atoms. The van der Waals surface area contributed by atoms with E-state index in [1.165, 1.54) is 6.07 Å². The zero-order valence-corrected chi connectivity index (χ0v) is 11.4. The van der Waals surface area contributed by atoms with Gasteiger partial charge in [-0.25, -0.2) is 4.39 Å². The van der Waals surface area contributed by atoms with E-state index in [1.54, 1.807) is 19.2 Å². The highest BCUT2D eigenvalue weighted by Crippen LogP contribution is 2.26. The van der Waals surface area contributed by atoms with E-state index in [1.807, 2.05) is 13.0 Å². The van der Waals surface area contributed by atoms with E-state index in [2.05, 4.69) is 11.8 Å². The molecule has 0 aliphatic heterocycles. The van der Waals surface area contributed by atoms with Gasteiger partial charge in [-0.15, -0.1) is 0 Å². The summed E-state index contributed by atoms with van der Waals surface area (Å²) < 4.78 is 18.5. The van der Waals surface area contributed by atoms with Gasteiger partial charge in [-0.05, 0) is 38.5 Å². The molecule has 0 radical (unpaired) electrons. The van der Waals surface area contributed by atoms with Crippen molar-refractivity contribution < 1.29 is 9.13 Å². The summed E-state index contributed by atoms with van der Waals surface area (Å²) in [5.74, 6) is -0.225. The van der Waals surface area contributed by atoms with E-state index in [4.69, 9.17) is 10.5 Å². The molecule has 0 saturated heterocycles. The Balaban J connectivity index is 2.99. The van der Waals surface area contributed by atoms with Crippen molar-refractivity contribution in [3.05, 3.63) is 30.1 Å². The van der Waals surface area contributed by atoms with Gasteiger partial charge in [0.25, 0.3) is 0 Å². The van der Waals surface area contributed by atoms with Crippen molar-refractivity contribution in [3.63, 3.8) is 0 Å². The van der Waals surface area contributed by atoms with E-state index < -0.39 is 0 Å². The fourth-order valence-electron chi connectivity index (χ4n) is 2.19. The van der Waals surface area contributed by atoms with E-state index in [0.29, 0.717) is 13.2 Å². The Kier molecular flexibility index (Phi) is 5.56. The lowest BCUT2D eigenvalue weighted by Gasteiger charge is -2.42. The number of likely N-dealkylation sites (N-methyl/N-ethyl adjacent to an activating group) is 1. The van der Waals surface area contributed by atoms with Gasteiger partial charge in [0.05, 0.1) is 5.54 Å². The van der Waals surface area contributed by atoms with Crippen molar-refractivity contribution in [1.82, 2.24) is 0 Å². The quantitative estimate of drug-likeness (QED) is 0.812. The van der Waals surface area contributed by atoms with Gasteiger partial charge in [0.1, 0.15) is 5.82 Å². The Morgan fingerprint density at radius 3 is 2.67 bits per heavy atom. The largest absolute Gasteiger partial charge is 0.385 e. The molecule has 1 unspecified atom stereocenters. The molecular formula is C14H23FN2O. The number of hydrogen-bond donors (Lipinski definition) is 1. The highest BCUT2D eigenvalue weighted by Gasteiger charge is 2.29. The normalized spacial score (nSPS) is 14.3. The van der Waals surface area contributed by atoms with Crippen LogP contribution >= 0.6 is 0 Å². The summed E-state index contributed by atoms with van der Waals surface area (Å²) >= 11 is 0. The second-order valence-electron chi connectivity index (χ2n) is 4.67. The molecule has 4 heteroatoms. The van der Waals surface area contributed by atoms with Crippen LogP contribution in [0.4, 0.5) is 10.1 Å². The maximum absolute atomic E-state index is 13.3. The Morgan fingerprint density at radius 2 is 2.17 bits per heavy atom. The maximum atomic E-state index is 13.3. The fourth-order valence-corrected chi connectivity index (χ4v) is 2.19. The number of benzene rings is 1. The van der Waals surface area contributed by atoms with Gasteiger partial charge in [0.15, 0.2) is 0 Å². The molecule has 2 N–H and O–H groups in total. The zero-order valence-electron chi connectivity index (χ0n) is 11.4. The lowest BCUT2D eigenvalue weighted by Crippen LogP contribution is -2.52. The van der Waals surface area contributed by atoms with Gasteiger partial charge in [0, 0.05) is 32.5 Å². The smallest absolute Gasteiger partial charge is 0.125 e. The molecular weight excluding hydrogens is 231 g/mol. The number of hydrogen-bond acceptors (Lipinski definition) is 3. The number of nitrogens with zero attached hydrogens (tertiary/aromatic N) is 1. The molecule has 0 heterocycles. The van der Waals surface area contributed by atoms with Crippen molar-refractivity contribution in [2.45, 2.75) is 25.8 Å². The minimum absolute atomic E-state index is 0.224.